The summed E-state index contributed by atoms with van der Waals surface area (Å²) >= 11 is 0. The van der Waals surface area contributed by atoms with E-state index in [9.17, 15) is 4.79 Å². The molecule has 3 aliphatic rings. The molecule has 2 unspecified atom stereocenters. The average Bonchev–Trinajstić information content (AvgIpc) is 2.84. The van der Waals surface area contributed by atoms with Crippen LogP contribution in [0.5, 0.6) is 0 Å². The Morgan fingerprint density at radius 1 is 1.18 bits per heavy atom. The third-order valence-corrected chi connectivity index (χ3v) is 4.94. The van der Waals surface area contributed by atoms with E-state index in [1.54, 1.807) is 0 Å². The lowest BCUT2D eigenvalue weighted by atomic mass is 9.85. The van der Waals surface area contributed by atoms with E-state index in [1.165, 1.54) is 44.9 Å². The van der Waals surface area contributed by atoms with Gasteiger partial charge in [-0.15, -0.1) is 0 Å². The largest absolute Gasteiger partial charge is 0.325 e. The van der Waals surface area contributed by atoms with Gasteiger partial charge in [0.05, 0.1) is 12.2 Å². The van der Waals surface area contributed by atoms with E-state index in [0.29, 0.717) is 18.0 Å². The highest BCUT2D eigenvalue weighted by Gasteiger charge is 2.42. The predicted octanol–water partition coefficient (Wildman–Crippen LogP) is 2.12. The molecule has 1 amide bonds. The van der Waals surface area contributed by atoms with E-state index >= 15 is 0 Å². The normalized spacial score (nSPS) is 35.6. The predicted molar refractivity (Wildman–Crippen MR) is 67.4 cm³/mol. The molecule has 0 aromatic rings. The van der Waals surface area contributed by atoms with Gasteiger partial charge in [0, 0.05) is 6.54 Å². The van der Waals surface area contributed by atoms with Crippen molar-refractivity contribution in [2.45, 2.75) is 64.1 Å². The Morgan fingerprint density at radius 2 is 1.88 bits per heavy atom. The summed E-state index contributed by atoms with van der Waals surface area (Å²) in [6.45, 7) is 3.03. The number of amides is 1. The second-order valence-corrected chi connectivity index (χ2v) is 6.17. The molecule has 0 bridgehead atoms. The van der Waals surface area contributed by atoms with Crippen molar-refractivity contribution in [2.75, 3.05) is 6.54 Å². The molecule has 17 heavy (non-hydrogen) atoms. The Bertz CT molecular complexity index is 295. The van der Waals surface area contributed by atoms with E-state index in [1.807, 2.05) is 6.92 Å². The van der Waals surface area contributed by atoms with Crippen molar-refractivity contribution in [1.82, 2.24) is 10.2 Å². The number of carbonyl (C=O) groups is 1. The molecule has 3 rings (SSSR count). The number of rotatable bonds is 3. The van der Waals surface area contributed by atoms with Gasteiger partial charge in [0.1, 0.15) is 0 Å². The van der Waals surface area contributed by atoms with E-state index in [-0.39, 0.29) is 6.04 Å². The molecule has 3 nitrogen and oxygen atoms in total. The molecule has 0 aromatic carbocycles. The second kappa shape index (κ2) is 4.60. The number of carbonyl (C=O) groups excluding carboxylic acids is 1. The van der Waals surface area contributed by atoms with Crippen LogP contribution in [0.25, 0.3) is 0 Å². The first-order chi connectivity index (χ1) is 8.25. The van der Waals surface area contributed by atoms with Crippen molar-refractivity contribution in [3.8, 4) is 0 Å². The SMILES string of the molecule is CC1NC(C2CCCC2)N(CC2CCC2)C1=O. The minimum Gasteiger partial charge on any atom is -0.325 e. The summed E-state index contributed by atoms with van der Waals surface area (Å²) in [5.41, 5.74) is 0. The molecular weight excluding hydrogens is 212 g/mol. The lowest BCUT2D eigenvalue weighted by Gasteiger charge is -2.35. The standard InChI is InChI=1S/C14H24N2O/c1-10-14(17)16(9-11-5-4-6-11)13(15-10)12-7-2-3-8-12/h10-13,15H,2-9H2,1H3. The van der Waals surface area contributed by atoms with Crippen molar-refractivity contribution in [1.29, 1.82) is 0 Å². The van der Waals surface area contributed by atoms with E-state index in [2.05, 4.69) is 10.2 Å². The molecule has 0 spiro atoms. The van der Waals surface area contributed by atoms with Crippen LogP contribution in [-0.2, 0) is 4.79 Å². The highest BCUT2D eigenvalue weighted by atomic mass is 16.2. The van der Waals surface area contributed by atoms with Crippen LogP contribution in [0.3, 0.4) is 0 Å². The molecule has 96 valence electrons. The smallest absolute Gasteiger partial charge is 0.240 e. The minimum absolute atomic E-state index is 0.0423. The molecule has 2 aliphatic carbocycles. The summed E-state index contributed by atoms with van der Waals surface area (Å²) in [6, 6.07) is 0.0423. The van der Waals surface area contributed by atoms with Crippen molar-refractivity contribution >= 4 is 5.91 Å². The van der Waals surface area contributed by atoms with Gasteiger partial charge in [0.2, 0.25) is 5.91 Å². The maximum atomic E-state index is 12.2. The lowest BCUT2D eigenvalue weighted by molar-refractivity contribution is -0.131. The van der Waals surface area contributed by atoms with E-state index in [0.717, 1.165) is 12.5 Å². The van der Waals surface area contributed by atoms with Gasteiger partial charge < -0.3 is 4.90 Å². The van der Waals surface area contributed by atoms with Crippen LogP contribution in [0.4, 0.5) is 0 Å². The molecule has 3 fully saturated rings. The Labute approximate surface area is 104 Å². The van der Waals surface area contributed by atoms with Crippen LogP contribution < -0.4 is 5.32 Å². The zero-order valence-electron chi connectivity index (χ0n) is 10.8. The van der Waals surface area contributed by atoms with Gasteiger partial charge in [-0.1, -0.05) is 19.3 Å². The van der Waals surface area contributed by atoms with Crippen molar-refractivity contribution in [2.24, 2.45) is 11.8 Å². The fraction of sp³-hybridized carbons (Fsp3) is 0.929. The van der Waals surface area contributed by atoms with Crippen LogP contribution in [0, 0.1) is 11.8 Å². The summed E-state index contributed by atoms with van der Waals surface area (Å²) < 4.78 is 0. The zero-order valence-corrected chi connectivity index (χ0v) is 10.8. The van der Waals surface area contributed by atoms with Gasteiger partial charge >= 0.3 is 0 Å². The first-order valence-electron chi connectivity index (χ1n) is 7.32. The van der Waals surface area contributed by atoms with Crippen molar-refractivity contribution < 1.29 is 4.79 Å². The highest BCUT2D eigenvalue weighted by Crippen LogP contribution is 2.34. The third-order valence-electron chi connectivity index (χ3n) is 4.94. The van der Waals surface area contributed by atoms with Gasteiger partial charge in [0.15, 0.2) is 0 Å². The lowest BCUT2D eigenvalue weighted by Crippen LogP contribution is -2.45. The van der Waals surface area contributed by atoms with E-state index < -0.39 is 0 Å². The summed E-state index contributed by atoms with van der Waals surface area (Å²) in [7, 11) is 0. The molecule has 1 saturated heterocycles. The molecule has 1 N–H and O–H groups in total. The molecule has 1 heterocycles. The van der Waals surface area contributed by atoms with Crippen LogP contribution in [-0.4, -0.2) is 29.6 Å². The van der Waals surface area contributed by atoms with Gasteiger partial charge in [-0.25, -0.2) is 0 Å². The molecule has 0 aromatic heterocycles. The molecule has 0 radical (unpaired) electrons. The summed E-state index contributed by atoms with van der Waals surface area (Å²) in [6.07, 6.45) is 9.68. The van der Waals surface area contributed by atoms with Gasteiger partial charge in [-0.05, 0) is 44.4 Å². The Hall–Kier alpha value is -0.570. The number of hydrogen-bond donors (Lipinski definition) is 1. The van der Waals surface area contributed by atoms with Gasteiger partial charge in [-0.3, -0.25) is 10.1 Å². The first-order valence-corrected chi connectivity index (χ1v) is 7.32. The average molecular weight is 236 g/mol. The molecule has 1 aliphatic heterocycles. The maximum absolute atomic E-state index is 12.2. The number of nitrogens with zero attached hydrogens (tertiary/aromatic N) is 1. The summed E-state index contributed by atoms with van der Waals surface area (Å²) in [5, 5.41) is 3.53. The number of hydrogen-bond acceptors (Lipinski definition) is 2. The van der Waals surface area contributed by atoms with Gasteiger partial charge in [-0.2, -0.15) is 0 Å². The minimum atomic E-state index is 0.0423. The van der Waals surface area contributed by atoms with E-state index in [4.69, 9.17) is 0 Å². The van der Waals surface area contributed by atoms with Crippen molar-refractivity contribution in [3.05, 3.63) is 0 Å². The molecule has 3 heteroatoms. The highest BCUT2D eigenvalue weighted by molar-refractivity contribution is 5.84. The Kier molecular flexibility index (Phi) is 3.12. The quantitative estimate of drug-likeness (QED) is 0.814. The second-order valence-electron chi connectivity index (χ2n) is 6.17. The fourth-order valence-corrected chi connectivity index (χ4v) is 3.62. The third kappa shape index (κ3) is 2.10. The van der Waals surface area contributed by atoms with Crippen LogP contribution in [0.1, 0.15) is 51.9 Å². The molecule has 2 atom stereocenters. The fourth-order valence-electron chi connectivity index (χ4n) is 3.62. The van der Waals surface area contributed by atoms with Crippen LogP contribution in [0.2, 0.25) is 0 Å². The zero-order chi connectivity index (χ0) is 11.8. The van der Waals surface area contributed by atoms with Crippen LogP contribution >= 0.6 is 0 Å². The van der Waals surface area contributed by atoms with Crippen molar-refractivity contribution in [3.63, 3.8) is 0 Å². The maximum Gasteiger partial charge on any atom is 0.240 e. The Morgan fingerprint density at radius 3 is 2.47 bits per heavy atom. The van der Waals surface area contributed by atoms with Gasteiger partial charge in [0.25, 0.3) is 0 Å². The monoisotopic (exact) mass is 236 g/mol. The van der Waals surface area contributed by atoms with Crippen LogP contribution in [0.15, 0.2) is 0 Å². The first kappa shape index (κ1) is 11.5. The number of nitrogens with one attached hydrogen (secondary N) is 1. The molecule has 2 saturated carbocycles. The topological polar surface area (TPSA) is 32.3 Å². The Balaban J connectivity index is 1.68. The summed E-state index contributed by atoms with van der Waals surface area (Å²) in [4.78, 5) is 14.4. The summed E-state index contributed by atoms with van der Waals surface area (Å²) in [5.74, 6) is 1.84. The molecular formula is C14H24N2O.